The molecule has 0 N–H and O–H groups in total. The van der Waals surface area contributed by atoms with Crippen molar-refractivity contribution < 1.29 is 14.3 Å². The van der Waals surface area contributed by atoms with Gasteiger partial charge in [0.15, 0.2) is 0 Å². The van der Waals surface area contributed by atoms with Crippen LogP contribution in [0.5, 0.6) is 5.75 Å². The van der Waals surface area contributed by atoms with Crippen LogP contribution >= 0.6 is 0 Å². The van der Waals surface area contributed by atoms with Gasteiger partial charge in [0.25, 0.3) is 5.91 Å². The lowest BCUT2D eigenvalue weighted by molar-refractivity contribution is -0.133. The fraction of sp³-hybridized carbons (Fsp3) is 0.478. The molecule has 1 saturated carbocycles. The molecule has 0 bridgehead atoms. The van der Waals surface area contributed by atoms with Crippen LogP contribution in [0, 0.1) is 5.92 Å². The van der Waals surface area contributed by atoms with E-state index in [4.69, 9.17) is 4.74 Å². The first-order valence-electron chi connectivity index (χ1n) is 10.2. The molecule has 3 rings (SSSR count). The number of amides is 2. The summed E-state index contributed by atoms with van der Waals surface area (Å²) in [5, 5.41) is 0. The number of hydrogen-bond acceptors (Lipinski definition) is 3. The summed E-state index contributed by atoms with van der Waals surface area (Å²) >= 11 is 0. The second kappa shape index (κ2) is 9.16. The molecule has 0 saturated heterocycles. The Morgan fingerprint density at radius 1 is 1.17 bits per heavy atom. The van der Waals surface area contributed by atoms with Crippen LogP contribution in [-0.2, 0) is 18.4 Å². The summed E-state index contributed by atoms with van der Waals surface area (Å²) < 4.78 is 7.20. The first-order chi connectivity index (χ1) is 13.9. The molecule has 0 radical (unpaired) electrons. The van der Waals surface area contributed by atoms with Crippen molar-refractivity contribution in [2.45, 2.75) is 39.3 Å². The van der Waals surface area contributed by atoms with Crippen LogP contribution < -0.4 is 4.74 Å². The van der Waals surface area contributed by atoms with Gasteiger partial charge in [-0.2, -0.15) is 0 Å². The summed E-state index contributed by atoms with van der Waals surface area (Å²) in [6.45, 7) is 5.54. The second-order valence-corrected chi connectivity index (χ2v) is 8.17. The van der Waals surface area contributed by atoms with Crippen LogP contribution in [0.25, 0.3) is 0 Å². The van der Waals surface area contributed by atoms with E-state index >= 15 is 0 Å². The minimum absolute atomic E-state index is 0.00587. The van der Waals surface area contributed by atoms with Crippen molar-refractivity contribution in [3.8, 4) is 5.75 Å². The van der Waals surface area contributed by atoms with Gasteiger partial charge in [-0.15, -0.1) is 0 Å². The summed E-state index contributed by atoms with van der Waals surface area (Å²) in [6, 6.07) is 11.2. The monoisotopic (exact) mass is 397 g/mol. The third kappa shape index (κ3) is 5.40. The molecule has 0 atom stereocenters. The number of aromatic nitrogens is 1. The molecule has 0 unspecified atom stereocenters. The van der Waals surface area contributed by atoms with E-state index in [-0.39, 0.29) is 24.4 Å². The van der Waals surface area contributed by atoms with Crippen molar-refractivity contribution in [2.24, 2.45) is 13.0 Å². The summed E-state index contributed by atoms with van der Waals surface area (Å²) in [5.41, 5.74) is 1.67. The Hall–Kier alpha value is -2.76. The van der Waals surface area contributed by atoms with Gasteiger partial charge in [0.2, 0.25) is 5.91 Å². The lowest BCUT2D eigenvalue weighted by Crippen LogP contribution is -2.45. The molecule has 1 aromatic carbocycles. The number of rotatable bonds is 9. The van der Waals surface area contributed by atoms with Crippen molar-refractivity contribution in [2.75, 3.05) is 20.2 Å². The van der Waals surface area contributed by atoms with Gasteiger partial charge in [0.1, 0.15) is 12.3 Å². The highest BCUT2D eigenvalue weighted by molar-refractivity contribution is 5.97. The van der Waals surface area contributed by atoms with Gasteiger partial charge in [-0.25, -0.2) is 0 Å². The third-order valence-corrected chi connectivity index (χ3v) is 5.23. The molecule has 1 heterocycles. The van der Waals surface area contributed by atoms with Crippen LogP contribution in [0.15, 0.2) is 42.6 Å². The summed E-state index contributed by atoms with van der Waals surface area (Å²) in [6.07, 6.45) is 3.89. The van der Waals surface area contributed by atoms with Crippen LogP contribution in [-0.4, -0.2) is 52.4 Å². The zero-order valence-corrected chi connectivity index (χ0v) is 17.8. The van der Waals surface area contributed by atoms with E-state index in [0.29, 0.717) is 30.3 Å². The summed E-state index contributed by atoms with van der Waals surface area (Å²) in [7, 11) is 3.58. The first kappa shape index (κ1) is 21.0. The Morgan fingerprint density at radius 2 is 1.86 bits per heavy atom. The van der Waals surface area contributed by atoms with Gasteiger partial charge >= 0.3 is 0 Å². The number of aryl methyl sites for hydroxylation is 1. The quantitative estimate of drug-likeness (QED) is 0.652. The van der Waals surface area contributed by atoms with Crippen molar-refractivity contribution >= 4 is 11.8 Å². The van der Waals surface area contributed by atoms with Gasteiger partial charge in [-0.3, -0.25) is 9.59 Å². The molecular formula is C23H31N3O3. The van der Waals surface area contributed by atoms with E-state index in [0.717, 1.165) is 18.5 Å². The lowest BCUT2D eigenvalue weighted by Gasteiger charge is -2.29. The van der Waals surface area contributed by atoms with Crippen LogP contribution in [0.1, 0.15) is 42.7 Å². The van der Waals surface area contributed by atoms with Crippen molar-refractivity contribution in [1.29, 1.82) is 0 Å². The molecule has 6 heteroatoms. The molecule has 6 nitrogen and oxygen atoms in total. The van der Waals surface area contributed by atoms with E-state index in [2.05, 4.69) is 13.8 Å². The highest BCUT2D eigenvalue weighted by Crippen LogP contribution is 2.29. The van der Waals surface area contributed by atoms with Crippen LogP contribution in [0.4, 0.5) is 0 Å². The van der Waals surface area contributed by atoms with Crippen molar-refractivity contribution in [1.82, 2.24) is 14.4 Å². The highest BCUT2D eigenvalue weighted by atomic mass is 16.5. The second-order valence-electron chi connectivity index (χ2n) is 8.17. The highest BCUT2D eigenvalue weighted by Gasteiger charge is 2.35. The first-order valence-corrected chi connectivity index (χ1v) is 10.2. The zero-order chi connectivity index (χ0) is 21.0. The fourth-order valence-corrected chi connectivity index (χ4v) is 3.45. The predicted molar refractivity (Wildman–Crippen MR) is 113 cm³/mol. The number of benzene rings is 1. The van der Waals surface area contributed by atoms with Gasteiger partial charge < -0.3 is 19.1 Å². The van der Waals surface area contributed by atoms with E-state index in [9.17, 15) is 9.59 Å². The average Bonchev–Trinajstić information content (AvgIpc) is 3.47. The van der Waals surface area contributed by atoms with E-state index in [1.165, 1.54) is 0 Å². The molecule has 1 aliphatic carbocycles. The topological polar surface area (TPSA) is 54.8 Å². The molecule has 0 spiro atoms. The number of carbonyl (C=O) groups is 2. The van der Waals surface area contributed by atoms with Crippen LogP contribution in [0.3, 0.4) is 0 Å². The maximum atomic E-state index is 13.2. The molecule has 2 amide bonds. The normalized spacial score (nSPS) is 13.4. The average molecular weight is 398 g/mol. The molecule has 2 aromatic rings. The minimum Gasteiger partial charge on any atom is -0.497 e. The van der Waals surface area contributed by atoms with Gasteiger partial charge in [-0.05, 0) is 55.2 Å². The maximum Gasteiger partial charge on any atom is 0.254 e. The van der Waals surface area contributed by atoms with Crippen molar-refractivity contribution in [3.63, 3.8) is 0 Å². The number of ether oxygens (including phenoxy) is 1. The molecule has 1 fully saturated rings. The molecule has 156 valence electrons. The number of hydrogen-bond donors (Lipinski definition) is 0. The smallest absolute Gasteiger partial charge is 0.254 e. The minimum atomic E-state index is -0.0909. The largest absolute Gasteiger partial charge is 0.497 e. The molecule has 29 heavy (non-hydrogen) atoms. The maximum absolute atomic E-state index is 13.2. The molecular weight excluding hydrogens is 366 g/mol. The van der Waals surface area contributed by atoms with Gasteiger partial charge in [0, 0.05) is 37.1 Å². The van der Waals surface area contributed by atoms with E-state index < -0.39 is 0 Å². The summed E-state index contributed by atoms with van der Waals surface area (Å²) in [4.78, 5) is 29.9. The Bertz CT molecular complexity index is 837. The zero-order valence-electron chi connectivity index (χ0n) is 17.8. The SMILES string of the molecule is COc1ccc(C(=O)N(CC(=O)N(Cc2cccn2C)CC(C)C)C2CC2)cc1. The summed E-state index contributed by atoms with van der Waals surface area (Å²) in [5.74, 6) is 0.965. The van der Waals surface area contributed by atoms with E-state index in [1.54, 1.807) is 36.3 Å². The number of nitrogens with zero attached hydrogens (tertiary/aromatic N) is 3. The van der Waals surface area contributed by atoms with Crippen LogP contribution in [0.2, 0.25) is 0 Å². The Morgan fingerprint density at radius 3 is 2.38 bits per heavy atom. The molecule has 1 aromatic heterocycles. The van der Waals surface area contributed by atoms with E-state index in [1.807, 2.05) is 34.8 Å². The lowest BCUT2D eigenvalue weighted by atomic mass is 10.1. The standard InChI is InChI=1S/C23H31N3O3/c1-17(2)14-25(15-20-6-5-13-24(20)3)22(27)16-26(19-9-10-19)23(28)18-7-11-21(29-4)12-8-18/h5-8,11-13,17,19H,9-10,14-16H2,1-4H3. The fourth-order valence-electron chi connectivity index (χ4n) is 3.45. The predicted octanol–water partition coefficient (Wildman–Crippen LogP) is 3.32. The Labute approximate surface area is 173 Å². The number of carbonyl (C=O) groups excluding carboxylic acids is 2. The number of methoxy groups -OCH3 is 1. The van der Waals surface area contributed by atoms with Gasteiger partial charge in [0.05, 0.1) is 13.7 Å². The van der Waals surface area contributed by atoms with Gasteiger partial charge in [-0.1, -0.05) is 13.8 Å². The molecule has 1 aliphatic rings. The Balaban J connectivity index is 1.74. The Kier molecular flexibility index (Phi) is 6.62. The van der Waals surface area contributed by atoms with Crippen molar-refractivity contribution in [3.05, 3.63) is 53.9 Å². The molecule has 0 aliphatic heterocycles. The third-order valence-electron chi connectivity index (χ3n) is 5.23.